The van der Waals surface area contributed by atoms with Gasteiger partial charge in [-0.2, -0.15) is 0 Å². The molecule has 1 aromatic carbocycles. The van der Waals surface area contributed by atoms with Crippen molar-refractivity contribution >= 4 is 5.97 Å². The normalized spacial score (nSPS) is 26.2. The van der Waals surface area contributed by atoms with Crippen LogP contribution in [-0.2, 0) is 4.79 Å². The first-order valence-corrected chi connectivity index (χ1v) is 6.22. The van der Waals surface area contributed by atoms with Crippen molar-refractivity contribution in [3.63, 3.8) is 0 Å². The van der Waals surface area contributed by atoms with E-state index in [0.717, 1.165) is 0 Å². The van der Waals surface area contributed by atoms with Gasteiger partial charge < -0.3 is 5.11 Å². The lowest BCUT2D eigenvalue weighted by Crippen LogP contribution is -2.26. The molecule has 2 rings (SSSR count). The summed E-state index contributed by atoms with van der Waals surface area (Å²) < 4.78 is 13.7. The zero-order valence-corrected chi connectivity index (χ0v) is 10.6. The second-order valence-electron chi connectivity index (χ2n) is 5.07. The van der Waals surface area contributed by atoms with Crippen LogP contribution in [0, 0.1) is 17.7 Å². The Morgan fingerprint density at radius 3 is 2.67 bits per heavy atom. The Morgan fingerprint density at radius 1 is 1.44 bits per heavy atom. The fraction of sp³-hybridized carbons (Fsp3) is 0.500. The van der Waals surface area contributed by atoms with Crippen molar-refractivity contribution in [1.82, 2.24) is 4.90 Å². The summed E-state index contributed by atoms with van der Waals surface area (Å²) in [5.41, 5.74) is 0.635. The topological polar surface area (TPSA) is 40.5 Å². The molecule has 0 amide bonds. The predicted molar refractivity (Wildman–Crippen MR) is 66.7 cm³/mol. The molecule has 4 heteroatoms. The van der Waals surface area contributed by atoms with Crippen molar-refractivity contribution in [1.29, 1.82) is 0 Å². The van der Waals surface area contributed by atoms with Crippen LogP contribution in [0.1, 0.15) is 25.5 Å². The zero-order valence-electron chi connectivity index (χ0n) is 10.6. The van der Waals surface area contributed by atoms with E-state index in [9.17, 15) is 9.18 Å². The van der Waals surface area contributed by atoms with Gasteiger partial charge >= 0.3 is 5.97 Å². The second kappa shape index (κ2) is 5.06. The summed E-state index contributed by atoms with van der Waals surface area (Å²) >= 11 is 0. The number of nitrogens with zero attached hydrogens (tertiary/aromatic N) is 1. The van der Waals surface area contributed by atoms with Gasteiger partial charge in [-0.25, -0.2) is 4.39 Å². The minimum Gasteiger partial charge on any atom is -0.481 e. The average Bonchev–Trinajstić information content (AvgIpc) is 2.71. The van der Waals surface area contributed by atoms with Gasteiger partial charge in [0.1, 0.15) is 5.82 Å². The molecule has 1 aliphatic rings. The number of aliphatic carboxylic acids is 1. The molecular weight excluding hydrogens is 233 g/mol. The number of likely N-dealkylation sites (tertiary alicyclic amines) is 1. The fourth-order valence-electron chi connectivity index (χ4n) is 2.65. The van der Waals surface area contributed by atoms with Gasteiger partial charge in [0, 0.05) is 24.7 Å². The van der Waals surface area contributed by atoms with E-state index in [1.165, 1.54) is 6.07 Å². The molecule has 0 bridgehead atoms. The highest BCUT2D eigenvalue weighted by Gasteiger charge is 2.37. The number of rotatable bonds is 3. The summed E-state index contributed by atoms with van der Waals surface area (Å²) in [5, 5.41) is 9.11. The Morgan fingerprint density at radius 2 is 2.11 bits per heavy atom. The summed E-state index contributed by atoms with van der Waals surface area (Å²) in [7, 11) is 0. The van der Waals surface area contributed by atoms with E-state index in [1.54, 1.807) is 12.1 Å². The van der Waals surface area contributed by atoms with Crippen LogP contribution in [-0.4, -0.2) is 29.1 Å². The van der Waals surface area contributed by atoms with E-state index >= 15 is 0 Å². The molecule has 0 aromatic heterocycles. The summed E-state index contributed by atoms with van der Waals surface area (Å²) in [6.07, 6.45) is 0. The van der Waals surface area contributed by atoms with E-state index in [0.29, 0.717) is 18.7 Å². The number of carboxylic acids is 1. The van der Waals surface area contributed by atoms with Crippen molar-refractivity contribution in [2.75, 3.05) is 13.1 Å². The number of hydrogen-bond acceptors (Lipinski definition) is 2. The highest BCUT2D eigenvalue weighted by Crippen LogP contribution is 2.31. The van der Waals surface area contributed by atoms with E-state index < -0.39 is 5.97 Å². The van der Waals surface area contributed by atoms with Gasteiger partial charge in [-0.15, -0.1) is 0 Å². The van der Waals surface area contributed by atoms with Gasteiger partial charge in [-0.05, 0) is 18.9 Å². The van der Waals surface area contributed by atoms with Crippen LogP contribution in [0.3, 0.4) is 0 Å². The van der Waals surface area contributed by atoms with Crippen LogP contribution in [0.25, 0.3) is 0 Å². The third kappa shape index (κ3) is 2.38. The van der Waals surface area contributed by atoms with E-state index in [4.69, 9.17) is 5.11 Å². The Hall–Kier alpha value is -1.42. The standard InChI is InChI=1S/C14H18FNO2/c1-9-7-16(8-12(9)14(17)18)10(2)11-5-3-4-6-13(11)15/h3-6,9-10,12H,7-8H2,1-2H3,(H,17,18). The Balaban J connectivity index is 2.14. The molecule has 3 atom stereocenters. The largest absolute Gasteiger partial charge is 0.481 e. The average molecular weight is 251 g/mol. The summed E-state index contributed by atoms with van der Waals surface area (Å²) in [6, 6.07) is 6.60. The number of hydrogen-bond donors (Lipinski definition) is 1. The highest BCUT2D eigenvalue weighted by atomic mass is 19.1. The molecule has 0 saturated carbocycles. The summed E-state index contributed by atoms with van der Waals surface area (Å²) in [6.45, 7) is 5.06. The van der Waals surface area contributed by atoms with E-state index in [1.807, 2.05) is 24.8 Å². The molecule has 1 saturated heterocycles. The van der Waals surface area contributed by atoms with Crippen LogP contribution in [0.2, 0.25) is 0 Å². The summed E-state index contributed by atoms with van der Waals surface area (Å²) in [4.78, 5) is 13.1. The third-order valence-electron chi connectivity index (χ3n) is 3.86. The first-order chi connectivity index (χ1) is 8.50. The highest BCUT2D eigenvalue weighted by molar-refractivity contribution is 5.71. The zero-order chi connectivity index (χ0) is 13.3. The lowest BCUT2D eigenvalue weighted by molar-refractivity contribution is -0.142. The maximum Gasteiger partial charge on any atom is 0.308 e. The van der Waals surface area contributed by atoms with Crippen LogP contribution < -0.4 is 0 Å². The fourth-order valence-corrected chi connectivity index (χ4v) is 2.65. The number of carbonyl (C=O) groups is 1. The molecule has 98 valence electrons. The van der Waals surface area contributed by atoms with Crippen molar-refractivity contribution in [3.8, 4) is 0 Å². The molecule has 3 nitrogen and oxygen atoms in total. The monoisotopic (exact) mass is 251 g/mol. The van der Waals surface area contributed by atoms with Crippen molar-refractivity contribution < 1.29 is 14.3 Å². The Kier molecular flexibility index (Phi) is 3.66. The Bertz CT molecular complexity index is 449. The second-order valence-corrected chi connectivity index (χ2v) is 5.07. The first kappa shape index (κ1) is 13.0. The smallest absolute Gasteiger partial charge is 0.308 e. The molecule has 0 aliphatic carbocycles. The molecule has 1 aromatic rings. The number of halogens is 1. The molecule has 1 N–H and O–H groups in total. The molecule has 1 heterocycles. The lowest BCUT2D eigenvalue weighted by Gasteiger charge is -2.24. The number of benzene rings is 1. The minimum absolute atomic E-state index is 0.0852. The quantitative estimate of drug-likeness (QED) is 0.897. The van der Waals surface area contributed by atoms with Crippen molar-refractivity contribution in [3.05, 3.63) is 35.6 Å². The molecule has 3 unspecified atom stereocenters. The van der Waals surface area contributed by atoms with E-state index in [2.05, 4.69) is 0 Å². The molecule has 0 radical (unpaired) electrons. The van der Waals surface area contributed by atoms with Gasteiger partial charge in [0.2, 0.25) is 0 Å². The Labute approximate surface area is 106 Å². The molecule has 0 spiro atoms. The van der Waals surface area contributed by atoms with Gasteiger partial charge in [0.05, 0.1) is 5.92 Å². The van der Waals surface area contributed by atoms with Crippen LogP contribution in [0.5, 0.6) is 0 Å². The molecule has 18 heavy (non-hydrogen) atoms. The third-order valence-corrected chi connectivity index (χ3v) is 3.86. The predicted octanol–water partition coefficient (Wildman–Crippen LogP) is 2.54. The minimum atomic E-state index is -0.759. The van der Waals surface area contributed by atoms with Crippen LogP contribution >= 0.6 is 0 Å². The van der Waals surface area contributed by atoms with Gasteiger partial charge in [-0.3, -0.25) is 9.69 Å². The molecule has 1 fully saturated rings. The van der Waals surface area contributed by atoms with Gasteiger partial charge in [-0.1, -0.05) is 25.1 Å². The maximum atomic E-state index is 13.7. The molecule has 1 aliphatic heterocycles. The number of carboxylic acid groups (broad SMARTS) is 1. The van der Waals surface area contributed by atoms with Gasteiger partial charge in [0.15, 0.2) is 0 Å². The summed E-state index contributed by atoms with van der Waals surface area (Å²) in [5.74, 6) is -1.22. The van der Waals surface area contributed by atoms with Crippen molar-refractivity contribution in [2.24, 2.45) is 11.8 Å². The first-order valence-electron chi connectivity index (χ1n) is 6.22. The van der Waals surface area contributed by atoms with Crippen LogP contribution in [0.15, 0.2) is 24.3 Å². The van der Waals surface area contributed by atoms with Crippen molar-refractivity contribution in [2.45, 2.75) is 19.9 Å². The maximum absolute atomic E-state index is 13.7. The lowest BCUT2D eigenvalue weighted by atomic mass is 9.99. The molecular formula is C14H18FNO2. The SMILES string of the molecule is CC1CN(C(C)c2ccccc2F)CC1C(=O)O. The van der Waals surface area contributed by atoms with Gasteiger partial charge in [0.25, 0.3) is 0 Å². The van der Waals surface area contributed by atoms with Crippen LogP contribution in [0.4, 0.5) is 4.39 Å². The van der Waals surface area contributed by atoms with E-state index in [-0.39, 0.29) is 23.7 Å².